The normalized spacial score (nSPS) is 14.7. The van der Waals surface area contributed by atoms with E-state index in [9.17, 15) is 43.2 Å². The van der Waals surface area contributed by atoms with Crippen molar-refractivity contribution in [1.82, 2.24) is 0 Å². The van der Waals surface area contributed by atoms with Gasteiger partial charge in [-0.15, -0.1) is 0 Å². The van der Waals surface area contributed by atoms with Gasteiger partial charge in [-0.1, -0.05) is 201 Å². The molecule has 3 N–H and O–H groups in total. The van der Waals surface area contributed by atoms with Gasteiger partial charge in [0.05, 0.1) is 26.4 Å². The molecule has 524 valence electrons. The summed E-state index contributed by atoms with van der Waals surface area (Å²) in [6, 6.07) is 0. The molecular formula is C72H124O17P2. The molecule has 91 heavy (non-hydrogen) atoms. The fourth-order valence-corrected chi connectivity index (χ4v) is 10.6. The maximum Gasteiger partial charge on any atom is 0.472 e. The van der Waals surface area contributed by atoms with E-state index in [1.54, 1.807) is 0 Å². The van der Waals surface area contributed by atoms with E-state index in [-0.39, 0.29) is 38.7 Å². The van der Waals surface area contributed by atoms with E-state index in [0.29, 0.717) is 25.7 Å². The summed E-state index contributed by atoms with van der Waals surface area (Å²) >= 11 is 0. The largest absolute Gasteiger partial charge is 0.472 e. The molecule has 0 saturated carbocycles. The van der Waals surface area contributed by atoms with Gasteiger partial charge < -0.3 is 33.8 Å². The molecule has 0 amide bonds. The number of aliphatic hydroxyl groups is 1. The highest BCUT2D eigenvalue weighted by Crippen LogP contribution is 2.45. The molecule has 0 bridgehead atoms. The summed E-state index contributed by atoms with van der Waals surface area (Å²) < 4.78 is 68.1. The van der Waals surface area contributed by atoms with Gasteiger partial charge in [-0.05, 0) is 142 Å². The number of phosphoric acid groups is 2. The summed E-state index contributed by atoms with van der Waals surface area (Å²) in [7, 11) is -9.81. The van der Waals surface area contributed by atoms with Crippen LogP contribution in [0.25, 0.3) is 0 Å². The fourth-order valence-electron chi connectivity index (χ4n) is 9.05. The second kappa shape index (κ2) is 64.7. The fraction of sp³-hybridized carbons (Fsp3) is 0.722. The molecule has 0 aliphatic rings. The Morgan fingerprint density at radius 1 is 0.352 bits per heavy atom. The molecule has 0 spiro atoms. The summed E-state index contributed by atoms with van der Waals surface area (Å²) in [5.74, 6) is -2.09. The number of hydrogen-bond donors (Lipinski definition) is 3. The molecule has 0 rings (SSSR count). The Labute approximate surface area is 550 Å². The van der Waals surface area contributed by atoms with E-state index < -0.39 is 90.9 Å². The second-order valence-electron chi connectivity index (χ2n) is 23.1. The summed E-state index contributed by atoms with van der Waals surface area (Å²) in [5, 5.41) is 10.5. The molecule has 0 aromatic carbocycles. The Balaban J connectivity index is 5.26. The Morgan fingerprint density at radius 3 is 1.01 bits per heavy atom. The Bertz CT molecular complexity index is 2120. The van der Waals surface area contributed by atoms with Gasteiger partial charge in [-0.2, -0.15) is 0 Å². The number of unbranched alkanes of at least 4 members (excludes halogenated alkanes) is 24. The van der Waals surface area contributed by atoms with E-state index >= 15 is 0 Å². The van der Waals surface area contributed by atoms with Gasteiger partial charge in [0, 0.05) is 32.1 Å². The molecule has 19 heteroatoms. The maximum atomic E-state index is 13.0. The van der Waals surface area contributed by atoms with Crippen LogP contribution >= 0.6 is 15.6 Å². The van der Waals surface area contributed by atoms with Gasteiger partial charge in [0.15, 0.2) is 6.10 Å². The van der Waals surface area contributed by atoms with Crippen molar-refractivity contribution in [3.05, 3.63) is 97.2 Å². The zero-order valence-electron chi connectivity index (χ0n) is 56.7. The van der Waals surface area contributed by atoms with Crippen LogP contribution in [0.4, 0.5) is 0 Å². The molecule has 0 aliphatic carbocycles. The third-order valence-corrected chi connectivity index (χ3v) is 16.4. The standard InChI is InChI=1S/C72H124O17P2/c1-5-9-13-17-21-25-29-31-33-35-37-41-44-48-52-56-70(75)83-64-68(89-72(77)58-54-50-45-40-28-24-20-16-12-8-4)65-87-91(80,81)86-62-66(73)61-85-90(78,79)84-60-59-67(63-82-69(74)55-51-47-43-39-27-23-19-15-11-7-3)88-71(76)57-53-49-46-42-38-36-34-32-30-26-22-18-14-10-6-2/h7-8,11-12,19-20,23-26,29-30,33-36,66-68,73H,5-6,9-10,13-18,21-22,27-28,31-32,37-65H2,1-4H3,(H,78,79)(H,80,81). The molecule has 0 saturated heterocycles. The molecule has 17 nitrogen and oxygen atoms in total. The molecule has 0 radical (unpaired) electrons. The van der Waals surface area contributed by atoms with Crippen LogP contribution in [0.1, 0.15) is 278 Å². The van der Waals surface area contributed by atoms with Crippen molar-refractivity contribution in [2.24, 2.45) is 0 Å². The highest BCUT2D eigenvalue weighted by atomic mass is 31.2. The van der Waals surface area contributed by atoms with Gasteiger partial charge in [-0.25, -0.2) is 9.13 Å². The van der Waals surface area contributed by atoms with E-state index in [2.05, 4.69) is 98.9 Å². The molecule has 0 aromatic rings. The van der Waals surface area contributed by atoms with Crippen molar-refractivity contribution in [3.63, 3.8) is 0 Å². The minimum atomic E-state index is -4.96. The average molecular weight is 1320 g/mol. The van der Waals surface area contributed by atoms with Crippen LogP contribution in [-0.4, -0.2) is 96.7 Å². The number of esters is 4. The van der Waals surface area contributed by atoms with E-state index in [1.807, 2.05) is 26.0 Å². The van der Waals surface area contributed by atoms with Gasteiger partial charge >= 0.3 is 39.5 Å². The van der Waals surface area contributed by atoms with Crippen LogP contribution in [-0.2, 0) is 65.4 Å². The van der Waals surface area contributed by atoms with Crippen molar-refractivity contribution < 1.29 is 80.2 Å². The predicted molar refractivity (Wildman–Crippen MR) is 367 cm³/mol. The van der Waals surface area contributed by atoms with E-state index in [4.69, 9.17) is 37.0 Å². The molecule has 0 aliphatic heterocycles. The Kier molecular flexibility index (Phi) is 61.8. The SMILES string of the molecule is CC=CCC=CCCCCCCC(=O)OCC(CCOP(=O)(O)OCC(O)COP(=O)(O)OCC(COC(=O)CCCCCCC=CCC=CCCCCCC)OC(=O)CCCCCCC=CCC=CC)OC(=O)CCCCCCC=CCC=CCCCCCC. The van der Waals surface area contributed by atoms with Crippen LogP contribution in [0.15, 0.2) is 97.2 Å². The van der Waals surface area contributed by atoms with Crippen LogP contribution in [0, 0.1) is 0 Å². The minimum Gasteiger partial charge on any atom is -0.462 e. The zero-order valence-corrected chi connectivity index (χ0v) is 58.5. The van der Waals surface area contributed by atoms with Crippen molar-refractivity contribution in [3.8, 4) is 0 Å². The quantitative estimate of drug-likeness (QED) is 0.0169. The van der Waals surface area contributed by atoms with Crippen LogP contribution in [0.3, 0.4) is 0 Å². The van der Waals surface area contributed by atoms with Crippen molar-refractivity contribution in [2.75, 3.05) is 39.6 Å². The third kappa shape index (κ3) is 64.5. The number of carbonyl (C=O) groups is 4. The number of carbonyl (C=O) groups excluding carboxylic acids is 4. The molecule has 0 fully saturated rings. The number of hydrogen-bond acceptors (Lipinski definition) is 15. The molecule has 0 aromatic heterocycles. The Morgan fingerprint density at radius 2 is 0.648 bits per heavy atom. The average Bonchev–Trinajstić information content (AvgIpc) is 3.70. The number of allylic oxidation sites excluding steroid dienone is 16. The minimum absolute atomic E-state index is 0.0715. The lowest BCUT2D eigenvalue weighted by Crippen LogP contribution is -2.30. The number of ether oxygens (including phenoxy) is 4. The van der Waals surface area contributed by atoms with Crippen molar-refractivity contribution in [2.45, 2.75) is 296 Å². The zero-order chi connectivity index (χ0) is 66.8. The first kappa shape index (κ1) is 87.0. The van der Waals surface area contributed by atoms with Crippen LogP contribution in [0.2, 0.25) is 0 Å². The molecular weight excluding hydrogens is 1200 g/mol. The second-order valence-corrected chi connectivity index (χ2v) is 26.0. The van der Waals surface area contributed by atoms with Gasteiger partial charge in [0.2, 0.25) is 0 Å². The smallest absolute Gasteiger partial charge is 0.462 e. The summed E-state index contributed by atoms with van der Waals surface area (Å²) in [6.07, 6.45) is 64.1. The molecule has 5 unspecified atom stereocenters. The monoisotopic (exact) mass is 1320 g/mol. The maximum absolute atomic E-state index is 13.0. The highest BCUT2D eigenvalue weighted by molar-refractivity contribution is 7.47. The van der Waals surface area contributed by atoms with Gasteiger partial charge in [-0.3, -0.25) is 37.3 Å². The lowest BCUT2D eigenvalue weighted by molar-refractivity contribution is -0.161. The first-order valence-electron chi connectivity index (χ1n) is 34.9. The van der Waals surface area contributed by atoms with Crippen LogP contribution < -0.4 is 0 Å². The third-order valence-electron chi connectivity index (χ3n) is 14.5. The number of aliphatic hydroxyl groups excluding tert-OH is 1. The van der Waals surface area contributed by atoms with Crippen molar-refractivity contribution >= 4 is 39.5 Å². The summed E-state index contributed by atoms with van der Waals surface area (Å²) in [5.41, 5.74) is 0. The topological polar surface area (TPSA) is 237 Å². The lowest BCUT2D eigenvalue weighted by atomic mass is 10.1. The highest BCUT2D eigenvalue weighted by Gasteiger charge is 2.29. The number of rotatable bonds is 65. The van der Waals surface area contributed by atoms with Gasteiger partial charge in [0.25, 0.3) is 0 Å². The summed E-state index contributed by atoms with van der Waals surface area (Å²) in [4.78, 5) is 72.3. The van der Waals surface area contributed by atoms with Crippen molar-refractivity contribution in [1.29, 1.82) is 0 Å². The molecule has 5 atom stereocenters. The molecule has 0 heterocycles. The Hall–Kier alpha value is -4.02. The predicted octanol–water partition coefficient (Wildman–Crippen LogP) is 19.3. The van der Waals surface area contributed by atoms with E-state index in [0.717, 1.165) is 141 Å². The first-order chi connectivity index (χ1) is 44.2. The van der Waals surface area contributed by atoms with Gasteiger partial charge in [0.1, 0.15) is 25.4 Å². The van der Waals surface area contributed by atoms with E-state index in [1.165, 1.54) is 51.4 Å². The number of phosphoric ester groups is 2. The first-order valence-corrected chi connectivity index (χ1v) is 37.9. The lowest BCUT2D eigenvalue weighted by Gasteiger charge is -2.21. The summed E-state index contributed by atoms with van der Waals surface area (Å²) in [6.45, 7) is 4.75. The van der Waals surface area contributed by atoms with Crippen LogP contribution in [0.5, 0.6) is 0 Å².